The molecule has 1 aliphatic heterocycles. The minimum absolute atomic E-state index is 0.199. The van der Waals surface area contributed by atoms with E-state index >= 15 is 0 Å². The Morgan fingerprint density at radius 3 is 2.54 bits per heavy atom. The molecule has 3 rings (SSSR count). The van der Waals surface area contributed by atoms with Gasteiger partial charge in [0.05, 0.1) is 30.2 Å². The highest BCUT2D eigenvalue weighted by Gasteiger charge is 2.34. The van der Waals surface area contributed by atoms with Crippen molar-refractivity contribution in [3.05, 3.63) is 76.2 Å². The first-order chi connectivity index (χ1) is 16.9. The molecule has 0 unspecified atom stereocenters. The average Bonchev–Trinajstić information content (AvgIpc) is 3.09. The fraction of sp³-hybridized carbons (Fsp3) is 0.269. The summed E-state index contributed by atoms with van der Waals surface area (Å²) in [7, 11) is 1.51. The van der Waals surface area contributed by atoms with Crippen LogP contribution in [0, 0.1) is 0 Å². The molecule has 35 heavy (non-hydrogen) atoms. The lowest BCUT2D eigenvalue weighted by molar-refractivity contribution is -0.123. The summed E-state index contributed by atoms with van der Waals surface area (Å²) in [4.78, 5) is 37.5. The smallest absolute Gasteiger partial charge is 0.335 e. The van der Waals surface area contributed by atoms with E-state index in [4.69, 9.17) is 19.3 Å². The lowest BCUT2D eigenvalue weighted by Gasteiger charge is -2.17. The van der Waals surface area contributed by atoms with Crippen molar-refractivity contribution in [3.8, 4) is 11.5 Å². The third-order valence-corrected chi connectivity index (χ3v) is 6.00. The summed E-state index contributed by atoms with van der Waals surface area (Å²) in [5.74, 6) is -0.305. The monoisotopic (exact) mass is 497 g/mol. The van der Waals surface area contributed by atoms with Gasteiger partial charge in [-0.2, -0.15) is 0 Å². The maximum atomic E-state index is 12.7. The predicted octanol–water partition coefficient (Wildman–Crippen LogP) is 4.77. The number of allylic oxidation sites excluding steroid dienone is 1. The number of carbonyl (C=O) groups excluding carboxylic acids is 2. The average molecular weight is 498 g/mol. The molecule has 0 bridgehead atoms. The van der Waals surface area contributed by atoms with Crippen molar-refractivity contribution in [2.75, 3.05) is 26.9 Å². The molecule has 184 valence electrons. The summed E-state index contributed by atoms with van der Waals surface area (Å²) in [6.07, 6.45) is 3.90. The van der Waals surface area contributed by atoms with Crippen LogP contribution in [-0.4, -0.2) is 54.0 Å². The molecule has 0 spiro atoms. The van der Waals surface area contributed by atoms with E-state index in [2.05, 4.69) is 6.58 Å². The molecule has 0 saturated carbocycles. The second-order valence-corrected chi connectivity index (χ2v) is 8.54. The van der Waals surface area contributed by atoms with Crippen molar-refractivity contribution in [2.45, 2.75) is 20.0 Å². The number of carboxylic acids is 1. The molecule has 1 N–H and O–H groups in total. The number of rotatable bonds is 12. The number of aromatic carboxylic acids is 1. The Labute approximate surface area is 208 Å². The standard InChI is InChI=1S/C26H27NO7S/c1-4-6-20-13-18(15-22-24(28)27(11-12-32-3)26(31)35-22)14-21(33-5-2)23(20)34-16-17-7-9-19(10-8-17)25(29)30/h4,7-10,13-15H,1,5-6,11-12,16H2,2-3H3,(H,29,30)/b22-15+. The SMILES string of the molecule is C=CCc1cc(/C=C2/SC(=O)N(CCOC)C2=O)cc(OCC)c1OCc1ccc(C(=O)O)cc1. The van der Waals surface area contributed by atoms with Crippen molar-refractivity contribution >= 4 is 35.0 Å². The molecule has 9 heteroatoms. The number of carbonyl (C=O) groups is 3. The fourth-order valence-corrected chi connectivity index (χ4v) is 4.29. The van der Waals surface area contributed by atoms with Crippen molar-refractivity contribution in [2.24, 2.45) is 0 Å². The number of hydrogen-bond donors (Lipinski definition) is 1. The maximum Gasteiger partial charge on any atom is 0.335 e. The molecule has 0 aliphatic carbocycles. The predicted molar refractivity (Wildman–Crippen MR) is 134 cm³/mol. The van der Waals surface area contributed by atoms with Gasteiger partial charge < -0.3 is 19.3 Å². The Bertz CT molecular complexity index is 1140. The molecule has 1 fully saturated rings. The van der Waals surface area contributed by atoms with Gasteiger partial charge in [0.25, 0.3) is 11.1 Å². The molecule has 0 radical (unpaired) electrons. The van der Waals surface area contributed by atoms with Crippen LogP contribution in [0.2, 0.25) is 0 Å². The third-order valence-electron chi connectivity index (χ3n) is 5.09. The normalized spacial score (nSPS) is 14.5. The molecule has 8 nitrogen and oxygen atoms in total. The summed E-state index contributed by atoms with van der Waals surface area (Å²) < 4.78 is 16.9. The number of imide groups is 1. The van der Waals surface area contributed by atoms with E-state index < -0.39 is 5.97 Å². The molecular weight excluding hydrogens is 470 g/mol. The van der Waals surface area contributed by atoms with Crippen molar-refractivity contribution in [1.29, 1.82) is 0 Å². The number of amides is 2. The van der Waals surface area contributed by atoms with E-state index in [1.54, 1.807) is 30.4 Å². The van der Waals surface area contributed by atoms with Gasteiger partial charge in [0.1, 0.15) is 6.61 Å². The number of nitrogens with zero attached hydrogens (tertiary/aromatic N) is 1. The Balaban J connectivity index is 1.89. The van der Waals surface area contributed by atoms with E-state index in [0.717, 1.165) is 22.9 Å². The Hall–Kier alpha value is -3.56. The molecule has 0 atom stereocenters. The molecular formula is C26H27NO7S. The van der Waals surface area contributed by atoms with Gasteiger partial charge in [-0.05, 0) is 66.6 Å². The summed E-state index contributed by atoms with van der Waals surface area (Å²) in [5.41, 5.74) is 2.50. The first kappa shape index (κ1) is 26.1. The highest BCUT2D eigenvalue weighted by Crippen LogP contribution is 2.37. The highest BCUT2D eigenvalue weighted by atomic mass is 32.2. The number of ether oxygens (including phenoxy) is 3. The van der Waals surface area contributed by atoms with Gasteiger partial charge in [-0.15, -0.1) is 6.58 Å². The number of methoxy groups -OCH3 is 1. The Kier molecular flexibility index (Phi) is 9.11. The zero-order valence-corrected chi connectivity index (χ0v) is 20.4. The largest absolute Gasteiger partial charge is 0.490 e. The van der Waals surface area contributed by atoms with Gasteiger partial charge in [0.15, 0.2) is 11.5 Å². The Morgan fingerprint density at radius 2 is 1.91 bits per heavy atom. The molecule has 0 aromatic heterocycles. The lowest BCUT2D eigenvalue weighted by atomic mass is 10.0. The van der Waals surface area contributed by atoms with E-state index in [0.29, 0.717) is 35.0 Å². The molecule has 2 amide bonds. The van der Waals surface area contributed by atoms with Gasteiger partial charge in [-0.3, -0.25) is 14.5 Å². The number of thioether (sulfide) groups is 1. The molecule has 2 aromatic carbocycles. The first-order valence-electron chi connectivity index (χ1n) is 11.0. The Morgan fingerprint density at radius 1 is 1.17 bits per heavy atom. The molecule has 2 aromatic rings. The van der Waals surface area contributed by atoms with Crippen LogP contribution in [-0.2, 0) is 22.6 Å². The first-order valence-corrected chi connectivity index (χ1v) is 11.8. The number of benzene rings is 2. The van der Waals surface area contributed by atoms with Gasteiger partial charge in [0.2, 0.25) is 0 Å². The van der Waals surface area contributed by atoms with Crippen molar-refractivity contribution < 1.29 is 33.7 Å². The topological polar surface area (TPSA) is 102 Å². The quantitative estimate of drug-likeness (QED) is 0.330. The van der Waals surface area contributed by atoms with Crippen LogP contribution < -0.4 is 9.47 Å². The van der Waals surface area contributed by atoms with Crippen molar-refractivity contribution in [1.82, 2.24) is 4.90 Å². The van der Waals surface area contributed by atoms with Crippen molar-refractivity contribution in [3.63, 3.8) is 0 Å². The van der Waals surface area contributed by atoms with Crippen LogP contribution in [0.5, 0.6) is 11.5 Å². The van der Waals surface area contributed by atoms with E-state index in [1.165, 1.54) is 24.1 Å². The van der Waals surface area contributed by atoms with Gasteiger partial charge in [-0.1, -0.05) is 18.2 Å². The van der Waals surface area contributed by atoms with Gasteiger partial charge >= 0.3 is 5.97 Å². The molecule has 1 heterocycles. The fourth-order valence-electron chi connectivity index (χ4n) is 3.43. The van der Waals surface area contributed by atoms with Gasteiger partial charge in [0, 0.05) is 12.7 Å². The number of hydrogen-bond acceptors (Lipinski definition) is 7. The van der Waals surface area contributed by atoms with Crippen LogP contribution in [0.3, 0.4) is 0 Å². The molecule has 1 saturated heterocycles. The van der Waals surface area contributed by atoms with E-state index in [9.17, 15) is 14.4 Å². The van der Waals surface area contributed by atoms with Gasteiger partial charge in [-0.25, -0.2) is 4.79 Å². The second-order valence-electron chi connectivity index (χ2n) is 7.55. The summed E-state index contributed by atoms with van der Waals surface area (Å²) in [5, 5.41) is 8.74. The molecule has 1 aliphatic rings. The zero-order chi connectivity index (χ0) is 25.4. The maximum absolute atomic E-state index is 12.7. The summed E-state index contributed by atoms with van der Waals surface area (Å²) >= 11 is 0.889. The second kappa shape index (κ2) is 12.2. The van der Waals surface area contributed by atoms with E-state index in [-0.39, 0.29) is 36.5 Å². The highest BCUT2D eigenvalue weighted by molar-refractivity contribution is 8.18. The van der Waals surface area contributed by atoms with Crippen LogP contribution in [0.1, 0.15) is 34.0 Å². The minimum atomic E-state index is -0.989. The lowest BCUT2D eigenvalue weighted by Crippen LogP contribution is -2.31. The van der Waals surface area contributed by atoms with Crippen LogP contribution >= 0.6 is 11.8 Å². The zero-order valence-electron chi connectivity index (χ0n) is 19.6. The number of carboxylic acid groups (broad SMARTS) is 1. The summed E-state index contributed by atoms with van der Waals surface area (Å²) in [6, 6.07) is 10.1. The third kappa shape index (κ3) is 6.52. The van der Waals surface area contributed by atoms with Crippen LogP contribution in [0.4, 0.5) is 4.79 Å². The van der Waals surface area contributed by atoms with Crippen LogP contribution in [0.25, 0.3) is 6.08 Å². The van der Waals surface area contributed by atoms with E-state index in [1.807, 2.05) is 13.0 Å². The minimum Gasteiger partial charge on any atom is -0.490 e. The summed E-state index contributed by atoms with van der Waals surface area (Å²) in [6.45, 7) is 6.76. The van der Waals surface area contributed by atoms with Crippen LogP contribution in [0.15, 0.2) is 54.0 Å².